The number of carbonyl (C=O) groups excluding carboxylic acids is 1. The molecule has 0 saturated heterocycles. The summed E-state index contributed by atoms with van der Waals surface area (Å²) in [4.78, 5) is 11.6. The number of rotatable bonds is 3. The van der Waals surface area contributed by atoms with Gasteiger partial charge in [0, 0.05) is 5.69 Å². The molecule has 1 amide bonds. The fourth-order valence-electron chi connectivity index (χ4n) is 1.30. The minimum atomic E-state index is -0.719. The lowest BCUT2D eigenvalue weighted by atomic mass is 9.96. The molecule has 0 heterocycles. The monoisotopic (exact) mass is 220 g/mol. The summed E-state index contributed by atoms with van der Waals surface area (Å²) in [5.74, 6) is -1.61. The van der Waals surface area contributed by atoms with Gasteiger partial charge in [0.2, 0.25) is 5.91 Å². The van der Waals surface area contributed by atoms with Gasteiger partial charge in [0.15, 0.2) is 0 Å². The van der Waals surface area contributed by atoms with Crippen molar-refractivity contribution in [1.82, 2.24) is 0 Å². The number of anilines is 1. The summed E-state index contributed by atoms with van der Waals surface area (Å²) in [6, 6.07) is 7.52. The third kappa shape index (κ3) is 3.06. The van der Waals surface area contributed by atoms with Crippen LogP contribution in [0.15, 0.2) is 24.3 Å². The Morgan fingerprint density at radius 1 is 1.50 bits per heavy atom. The lowest BCUT2D eigenvalue weighted by Gasteiger charge is -2.12. The second-order valence-electron chi connectivity index (χ2n) is 3.85. The zero-order chi connectivity index (χ0) is 12.1. The van der Waals surface area contributed by atoms with Crippen molar-refractivity contribution in [2.24, 2.45) is 11.8 Å². The van der Waals surface area contributed by atoms with E-state index in [9.17, 15) is 9.18 Å². The van der Waals surface area contributed by atoms with E-state index in [0.717, 1.165) is 0 Å². The first-order chi connectivity index (χ1) is 7.54. The minimum Gasteiger partial charge on any atom is -0.325 e. The highest BCUT2D eigenvalue weighted by Gasteiger charge is 2.21. The fourth-order valence-corrected chi connectivity index (χ4v) is 1.30. The average molecular weight is 220 g/mol. The predicted octanol–water partition coefficient (Wildman–Crippen LogP) is 2.56. The van der Waals surface area contributed by atoms with Crippen LogP contribution in [0.4, 0.5) is 10.1 Å². The molecule has 0 aliphatic carbocycles. The molecule has 16 heavy (non-hydrogen) atoms. The Bertz CT molecular complexity index is 423. The quantitative estimate of drug-likeness (QED) is 0.851. The topological polar surface area (TPSA) is 52.9 Å². The van der Waals surface area contributed by atoms with E-state index < -0.39 is 17.6 Å². The normalized spacial score (nSPS) is 11.9. The molecule has 1 rings (SSSR count). The van der Waals surface area contributed by atoms with E-state index in [4.69, 9.17) is 5.26 Å². The molecule has 84 valence electrons. The zero-order valence-corrected chi connectivity index (χ0v) is 9.20. The number of hydrogen-bond acceptors (Lipinski definition) is 2. The molecular formula is C12H13FN2O. The van der Waals surface area contributed by atoms with Gasteiger partial charge in [0.1, 0.15) is 11.7 Å². The second kappa shape index (κ2) is 5.26. The van der Waals surface area contributed by atoms with Gasteiger partial charge in [-0.2, -0.15) is 5.26 Å². The van der Waals surface area contributed by atoms with E-state index >= 15 is 0 Å². The highest BCUT2D eigenvalue weighted by Crippen LogP contribution is 2.14. The fraction of sp³-hybridized carbons (Fsp3) is 0.333. The lowest BCUT2D eigenvalue weighted by molar-refractivity contribution is -0.119. The van der Waals surface area contributed by atoms with Crippen LogP contribution in [0.5, 0.6) is 0 Å². The maximum Gasteiger partial charge on any atom is 0.241 e. The summed E-state index contributed by atoms with van der Waals surface area (Å²) in [5.41, 5.74) is 0.367. The summed E-state index contributed by atoms with van der Waals surface area (Å²) in [5, 5.41) is 11.3. The first-order valence-corrected chi connectivity index (χ1v) is 5.00. The predicted molar refractivity (Wildman–Crippen MR) is 59.0 cm³/mol. The van der Waals surface area contributed by atoms with Crippen LogP contribution in [0, 0.1) is 29.0 Å². The summed E-state index contributed by atoms with van der Waals surface area (Å²) in [6.45, 7) is 3.58. The number of nitriles is 1. The second-order valence-corrected chi connectivity index (χ2v) is 3.85. The van der Waals surface area contributed by atoms with Gasteiger partial charge in [0.25, 0.3) is 0 Å². The molecule has 0 saturated carbocycles. The number of carbonyl (C=O) groups is 1. The van der Waals surface area contributed by atoms with Crippen molar-refractivity contribution in [2.45, 2.75) is 13.8 Å². The first kappa shape index (κ1) is 12.2. The maximum absolute atomic E-state index is 12.8. The van der Waals surface area contributed by atoms with Crippen molar-refractivity contribution < 1.29 is 9.18 Å². The molecule has 1 N–H and O–H groups in total. The van der Waals surface area contributed by atoms with Gasteiger partial charge < -0.3 is 5.32 Å². The van der Waals surface area contributed by atoms with Crippen LogP contribution in [0.1, 0.15) is 13.8 Å². The van der Waals surface area contributed by atoms with E-state index in [-0.39, 0.29) is 5.92 Å². The average Bonchev–Trinajstić information content (AvgIpc) is 2.17. The molecule has 0 radical (unpaired) electrons. The number of nitrogens with zero attached hydrogens (tertiary/aromatic N) is 1. The smallest absolute Gasteiger partial charge is 0.241 e. The number of halogens is 1. The molecule has 1 aromatic carbocycles. The van der Waals surface area contributed by atoms with Crippen molar-refractivity contribution in [1.29, 1.82) is 5.26 Å². The molecule has 4 heteroatoms. The van der Waals surface area contributed by atoms with E-state index in [1.165, 1.54) is 18.2 Å². The van der Waals surface area contributed by atoms with Crippen LogP contribution in [0.2, 0.25) is 0 Å². The van der Waals surface area contributed by atoms with E-state index in [1.807, 2.05) is 6.07 Å². The van der Waals surface area contributed by atoms with Gasteiger partial charge in [-0.05, 0) is 24.1 Å². The molecule has 1 atom stereocenters. The molecule has 1 unspecified atom stereocenters. The van der Waals surface area contributed by atoms with E-state index in [1.54, 1.807) is 19.9 Å². The van der Waals surface area contributed by atoms with Gasteiger partial charge in [0.05, 0.1) is 6.07 Å². The third-order valence-corrected chi connectivity index (χ3v) is 2.18. The van der Waals surface area contributed by atoms with Crippen molar-refractivity contribution >= 4 is 11.6 Å². The summed E-state index contributed by atoms with van der Waals surface area (Å²) in [6.07, 6.45) is 0. The Balaban J connectivity index is 2.75. The molecule has 3 nitrogen and oxygen atoms in total. The van der Waals surface area contributed by atoms with Crippen LogP contribution < -0.4 is 5.32 Å². The van der Waals surface area contributed by atoms with Crippen molar-refractivity contribution in [3.05, 3.63) is 30.1 Å². The van der Waals surface area contributed by atoms with Gasteiger partial charge >= 0.3 is 0 Å². The van der Waals surface area contributed by atoms with Gasteiger partial charge in [-0.1, -0.05) is 19.9 Å². The van der Waals surface area contributed by atoms with Crippen LogP contribution in [0.3, 0.4) is 0 Å². The molecular weight excluding hydrogens is 207 g/mol. The molecule has 0 aromatic heterocycles. The number of amides is 1. The Kier molecular flexibility index (Phi) is 4.01. The minimum absolute atomic E-state index is 0.0708. The lowest BCUT2D eigenvalue weighted by Crippen LogP contribution is -2.25. The van der Waals surface area contributed by atoms with Crippen LogP contribution in [-0.2, 0) is 4.79 Å². The van der Waals surface area contributed by atoms with Crippen LogP contribution in [-0.4, -0.2) is 5.91 Å². The van der Waals surface area contributed by atoms with Crippen LogP contribution >= 0.6 is 0 Å². The highest BCUT2D eigenvalue weighted by atomic mass is 19.1. The summed E-state index contributed by atoms with van der Waals surface area (Å²) < 4.78 is 12.8. The largest absolute Gasteiger partial charge is 0.325 e. The van der Waals surface area contributed by atoms with Crippen molar-refractivity contribution in [2.75, 3.05) is 5.32 Å². The maximum atomic E-state index is 12.8. The molecule has 0 bridgehead atoms. The number of hydrogen-bond donors (Lipinski definition) is 1. The molecule has 0 spiro atoms. The molecule has 0 fully saturated rings. The van der Waals surface area contributed by atoms with Crippen LogP contribution in [0.25, 0.3) is 0 Å². The van der Waals surface area contributed by atoms with E-state index in [0.29, 0.717) is 5.69 Å². The van der Waals surface area contributed by atoms with E-state index in [2.05, 4.69) is 5.32 Å². The number of benzene rings is 1. The van der Waals surface area contributed by atoms with Crippen molar-refractivity contribution in [3.8, 4) is 6.07 Å². The molecule has 0 aliphatic heterocycles. The Hall–Kier alpha value is -1.89. The van der Waals surface area contributed by atoms with Gasteiger partial charge in [-0.3, -0.25) is 4.79 Å². The number of nitrogens with one attached hydrogen (secondary N) is 1. The van der Waals surface area contributed by atoms with Gasteiger partial charge in [-0.15, -0.1) is 0 Å². The van der Waals surface area contributed by atoms with Gasteiger partial charge in [-0.25, -0.2) is 4.39 Å². The molecule has 1 aromatic rings. The SMILES string of the molecule is CC(C)C(C#N)C(=O)Nc1cccc(F)c1. The Morgan fingerprint density at radius 3 is 2.69 bits per heavy atom. The zero-order valence-electron chi connectivity index (χ0n) is 9.20. The first-order valence-electron chi connectivity index (χ1n) is 5.00. The third-order valence-electron chi connectivity index (χ3n) is 2.18. The Labute approximate surface area is 93.9 Å². The highest BCUT2D eigenvalue weighted by molar-refractivity contribution is 5.94. The summed E-state index contributed by atoms with van der Waals surface area (Å²) in [7, 11) is 0. The Morgan fingerprint density at radius 2 is 2.19 bits per heavy atom. The standard InChI is InChI=1S/C12H13FN2O/c1-8(2)11(7-14)12(16)15-10-5-3-4-9(13)6-10/h3-6,8,11H,1-2H3,(H,15,16). The summed E-state index contributed by atoms with van der Waals surface area (Å²) >= 11 is 0. The van der Waals surface area contributed by atoms with Crippen molar-refractivity contribution in [3.63, 3.8) is 0 Å². The molecule has 0 aliphatic rings.